The molecule has 1 saturated heterocycles. The third-order valence-electron chi connectivity index (χ3n) is 6.07. The molecule has 160 valence electrons. The molecule has 1 fully saturated rings. The van der Waals surface area contributed by atoms with Gasteiger partial charge < -0.3 is 10.7 Å². The number of hydrogen-bond donors (Lipinski definition) is 2. The Labute approximate surface area is 185 Å². The van der Waals surface area contributed by atoms with Gasteiger partial charge in [-0.3, -0.25) is 4.90 Å². The molecule has 0 radical (unpaired) electrons. The van der Waals surface area contributed by atoms with Crippen molar-refractivity contribution in [3.8, 4) is 0 Å². The quantitative estimate of drug-likeness (QED) is 0.384. The monoisotopic (exact) mass is 412 g/mol. The van der Waals surface area contributed by atoms with Gasteiger partial charge in [0.1, 0.15) is 5.65 Å². The molecular weight excluding hydrogens is 380 g/mol. The highest BCUT2D eigenvalue weighted by molar-refractivity contribution is 5.78. The van der Waals surface area contributed by atoms with Gasteiger partial charge in [0.2, 0.25) is 0 Å². The average Bonchev–Trinajstić information content (AvgIpc) is 3.21. The molecule has 0 bridgehead atoms. The lowest BCUT2D eigenvalue weighted by molar-refractivity contribution is 0.248. The molecule has 4 nitrogen and oxygen atoms in total. The van der Waals surface area contributed by atoms with E-state index in [1.54, 1.807) is 0 Å². The van der Waals surface area contributed by atoms with Gasteiger partial charge in [0.05, 0.1) is 0 Å². The predicted octanol–water partition coefficient (Wildman–Crippen LogP) is 5.74. The van der Waals surface area contributed by atoms with Crippen molar-refractivity contribution in [2.24, 2.45) is 0 Å². The number of allylic oxidation sites excluding steroid dienone is 3. The number of nitrogens with zero attached hydrogens (tertiary/aromatic N) is 2. The van der Waals surface area contributed by atoms with E-state index in [2.05, 4.69) is 64.8 Å². The summed E-state index contributed by atoms with van der Waals surface area (Å²) in [5.74, 6) is 0. The van der Waals surface area contributed by atoms with Crippen LogP contribution in [0.25, 0.3) is 16.6 Å². The van der Waals surface area contributed by atoms with Crippen LogP contribution in [0.1, 0.15) is 43.0 Å². The zero-order valence-electron chi connectivity index (χ0n) is 18.4. The summed E-state index contributed by atoms with van der Waals surface area (Å²) in [4.78, 5) is 10.3. The normalized spacial score (nSPS) is 16.0. The predicted molar refractivity (Wildman–Crippen MR) is 132 cm³/mol. The number of nitrogen functional groups attached to an aromatic ring is 1. The molecule has 0 spiro atoms. The molecule has 4 heteroatoms. The molecule has 2 aromatic heterocycles. The van der Waals surface area contributed by atoms with Crippen LogP contribution in [0, 0.1) is 0 Å². The maximum atomic E-state index is 6.34. The molecule has 3 N–H and O–H groups in total. The molecule has 0 saturated carbocycles. The van der Waals surface area contributed by atoms with Crippen LogP contribution < -0.4 is 5.73 Å². The fraction of sp³-hybridized carbons (Fsp3) is 0.296. The Hall–Kier alpha value is -3.11. The smallest absolute Gasteiger partial charge is 0.137 e. The van der Waals surface area contributed by atoms with Crippen molar-refractivity contribution in [3.63, 3.8) is 0 Å². The number of H-pyrrole nitrogens is 1. The van der Waals surface area contributed by atoms with Crippen molar-refractivity contribution in [2.45, 2.75) is 32.6 Å². The Balaban J connectivity index is 1.56. The van der Waals surface area contributed by atoms with Gasteiger partial charge in [-0.25, -0.2) is 4.98 Å². The molecule has 4 rings (SSSR count). The highest BCUT2D eigenvalue weighted by atomic mass is 15.1. The molecule has 31 heavy (non-hydrogen) atoms. The number of hydrogen-bond acceptors (Lipinski definition) is 3. The molecule has 1 aromatic carbocycles. The molecular formula is C27H32N4. The van der Waals surface area contributed by atoms with Crippen LogP contribution in [-0.2, 0) is 6.42 Å². The lowest BCUT2D eigenvalue weighted by atomic mass is 9.97. The lowest BCUT2D eigenvalue weighted by Gasteiger charge is -2.26. The average molecular weight is 413 g/mol. The first-order valence-corrected chi connectivity index (χ1v) is 11.2. The van der Waals surface area contributed by atoms with Crippen molar-refractivity contribution in [1.82, 2.24) is 14.9 Å². The molecule has 3 heterocycles. The Morgan fingerprint density at radius 2 is 2.03 bits per heavy atom. The summed E-state index contributed by atoms with van der Waals surface area (Å²) in [6.07, 6.45) is 12.9. The first kappa shape index (κ1) is 21.1. The molecule has 0 atom stereocenters. The summed E-state index contributed by atoms with van der Waals surface area (Å²) in [6, 6.07) is 12.5. The maximum Gasteiger partial charge on any atom is 0.137 e. The van der Waals surface area contributed by atoms with E-state index < -0.39 is 0 Å². The van der Waals surface area contributed by atoms with Crippen molar-refractivity contribution < 1.29 is 0 Å². The van der Waals surface area contributed by atoms with Gasteiger partial charge in [-0.2, -0.15) is 0 Å². The molecule has 0 unspecified atom stereocenters. The Bertz CT molecular complexity index is 1080. The number of nitrogens with two attached hydrogens (primary N) is 1. The number of aromatic amines is 1. The van der Waals surface area contributed by atoms with Crippen molar-refractivity contribution in [1.29, 1.82) is 0 Å². The van der Waals surface area contributed by atoms with E-state index >= 15 is 0 Å². The topological polar surface area (TPSA) is 57.9 Å². The van der Waals surface area contributed by atoms with E-state index in [0.717, 1.165) is 40.9 Å². The molecule has 0 amide bonds. The van der Waals surface area contributed by atoms with Crippen LogP contribution in [0.5, 0.6) is 0 Å². The van der Waals surface area contributed by atoms with Gasteiger partial charge in [-0.1, -0.05) is 37.3 Å². The van der Waals surface area contributed by atoms with Gasteiger partial charge >= 0.3 is 0 Å². The van der Waals surface area contributed by atoms with E-state index in [9.17, 15) is 0 Å². The summed E-state index contributed by atoms with van der Waals surface area (Å²) >= 11 is 0. The Morgan fingerprint density at radius 3 is 2.77 bits per heavy atom. The first-order valence-electron chi connectivity index (χ1n) is 11.2. The summed E-state index contributed by atoms with van der Waals surface area (Å²) in [6.45, 7) is 9.48. The van der Waals surface area contributed by atoms with Gasteiger partial charge in [0.15, 0.2) is 0 Å². The van der Waals surface area contributed by atoms with Gasteiger partial charge in [-0.05, 0) is 85.5 Å². The van der Waals surface area contributed by atoms with Gasteiger partial charge in [0, 0.05) is 35.9 Å². The number of nitrogens with one attached hydrogen (secondary N) is 1. The summed E-state index contributed by atoms with van der Waals surface area (Å²) < 4.78 is 0. The third-order valence-corrected chi connectivity index (χ3v) is 6.07. The molecule has 0 aliphatic carbocycles. The third kappa shape index (κ3) is 5.15. The number of likely N-dealkylation sites (tertiary alicyclic amines) is 1. The number of aromatic nitrogens is 2. The molecule has 3 aromatic rings. The number of fused-ring (bicyclic) bond motifs is 1. The van der Waals surface area contributed by atoms with Crippen LogP contribution in [0.3, 0.4) is 0 Å². The highest BCUT2D eigenvalue weighted by Gasteiger charge is 2.12. The van der Waals surface area contributed by atoms with E-state index in [1.165, 1.54) is 49.1 Å². The van der Waals surface area contributed by atoms with Gasteiger partial charge in [-0.15, -0.1) is 0 Å². The molecule has 1 aliphatic rings. The zero-order chi connectivity index (χ0) is 21.6. The van der Waals surface area contributed by atoms with Crippen LogP contribution in [-0.4, -0.2) is 34.5 Å². The number of benzene rings is 1. The summed E-state index contributed by atoms with van der Waals surface area (Å²) in [5.41, 5.74) is 13.9. The SMILES string of the molecule is C=C/C(=C\C(=C/C)c1ccc(N)c(Cc2cc3cccnc3[nH]2)c1)CN1CCCCC1. The molecule has 1 aliphatic heterocycles. The minimum absolute atomic E-state index is 0.749. The fourth-order valence-corrected chi connectivity index (χ4v) is 4.33. The van der Waals surface area contributed by atoms with Crippen molar-refractivity contribution in [3.05, 3.63) is 89.8 Å². The summed E-state index contributed by atoms with van der Waals surface area (Å²) in [5, 5.41) is 1.12. The van der Waals surface area contributed by atoms with Crippen LogP contribution in [0.15, 0.2) is 73.0 Å². The number of rotatable bonds is 7. The Morgan fingerprint density at radius 1 is 1.19 bits per heavy atom. The first-order chi connectivity index (χ1) is 15.2. The van der Waals surface area contributed by atoms with Crippen molar-refractivity contribution >= 4 is 22.3 Å². The number of pyridine rings is 1. The summed E-state index contributed by atoms with van der Waals surface area (Å²) in [7, 11) is 0. The lowest BCUT2D eigenvalue weighted by Crippen LogP contribution is -2.31. The second kappa shape index (κ2) is 9.80. The largest absolute Gasteiger partial charge is 0.398 e. The van der Waals surface area contributed by atoms with E-state index in [1.807, 2.05) is 24.4 Å². The number of piperidine rings is 1. The fourth-order valence-electron chi connectivity index (χ4n) is 4.33. The minimum Gasteiger partial charge on any atom is -0.398 e. The number of anilines is 1. The van der Waals surface area contributed by atoms with Crippen LogP contribution in [0.4, 0.5) is 5.69 Å². The zero-order valence-corrected chi connectivity index (χ0v) is 18.4. The highest BCUT2D eigenvalue weighted by Crippen LogP contribution is 2.26. The second-order valence-electron chi connectivity index (χ2n) is 8.33. The minimum atomic E-state index is 0.749. The Kier molecular flexibility index (Phi) is 6.68. The second-order valence-corrected chi connectivity index (χ2v) is 8.33. The van der Waals surface area contributed by atoms with Crippen LogP contribution in [0.2, 0.25) is 0 Å². The standard InChI is InChI=1S/C27H32N4/c1-3-20(19-31-13-6-5-7-14-31)15-21(4-2)22-10-11-26(28)24(16-22)18-25-17-23-9-8-12-29-27(23)30-25/h3-4,8-12,15-17H,1,5-7,13-14,18-19,28H2,2H3,(H,29,30)/b20-15+,21-4+. The van der Waals surface area contributed by atoms with E-state index in [0.29, 0.717) is 0 Å². The van der Waals surface area contributed by atoms with Gasteiger partial charge in [0.25, 0.3) is 0 Å². The maximum absolute atomic E-state index is 6.34. The van der Waals surface area contributed by atoms with Crippen LogP contribution >= 0.6 is 0 Å². The van der Waals surface area contributed by atoms with E-state index in [4.69, 9.17) is 5.73 Å². The van der Waals surface area contributed by atoms with Crippen molar-refractivity contribution in [2.75, 3.05) is 25.4 Å². The van der Waals surface area contributed by atoms with E-state index in [-0.39, 0.29) is 0 Å².